The van der Waals surface area contributed by atoms with Crippen LogP contribution in [-0.4, -0.2) is 95.4 Å². The third-order valence-corrected chi connectivity index (χ3v) is 11.5. The molecule has 1 spiro atoms. The molecule has 6 unspecified atom stereocenters. The van der Waals surface area contributed by atoms with E-state index >= 15 is 0 Å². The van der Waals surface area contributed by atoms with Gasteiger partial charge in [0, 0.05) is 43.5 Å². The van der Waals surface area contributed by atoms with Crippen LogP contribution in [0.15, 0.2) is 0 Å². The van der Waals surface area contributed by atoms with Crippen molar-refractivity contribution < 1.29 is 33.6 Å². The number of carbonyl (C=O) groups excluding carboxylic acids is 2. The average molecular weight is 605 g/mol. The van der Waals surface area contributed by atoms with E-state index in [9.17, 15) is 14.7 Å². The molecule has 244 valence electrons. The van der Waals surface area contributed by atoms with Crippen LogP contribution in [-0.2, 0) is 28.5 Å². The number of nitrogens with zero attached hydrogens (tertiary/aromatic N) is 1. The molecule has 0 aromatic carbocycles. The number of carbonyl (C=O) groups is 2. The first-order valence-electron chi connectivity index (χ1n) is 17.0. The number of hydrogen-bond acceptors (Lipinski definition) is 9. The third kappa shape index (κ3) is 5.68. The number of nitrogens with one attached hydrogen (secondary N) is 1. The minimum Gasteiger partial charge on any atom is -0.460 e. The Morgan fingerprint density at radius 3 is 2.40 bits per heavy atom. The van der Waals surface area contributed by atoms with E-state index in [0.29, 0.717) is 12.0 Å². The molecular formula is C34H56N2O7. The first-order chi connectivity index (χ1) is 20.2. The maximum absolute atomic E-state index is 13.6. The van der Waals surface area contributed by atoms with Gasteiger partial charge in [-0.15, -0.1) is 0 Å². The predicted molar refractivity (Wildman–Crippen MR) is 161 cm³/mol. The van der Waals surface area contributed by atoms with Gasteiger partial charge in [0.25, 0.3) is 0 Å². The lowest BCUT2D eigenvalue weighted by Crippen LogP contribution is -2.79. The molecule has 43 heavy (non-hydrogen) atoms. The summed E-state index contributed by atoms with van der Waals surface area (Å²) in [6.07, 6.45) is 7.76. The SMILES string of the molecule is CO[C@]12CCC(N[C@@H](CCC(=O)OC(C)(C)C)C(=O)OC(C)(C)C)[C@@H]3OC4C(O)CCC5CC1N(CC1CC1)CC[C@]32C54. The number of piperidine rings is 1. The van der Waals surface area contributed by atoms with Crippen molar-refractivity contribution in [3.63, 3.8) is 0 Å². The molecule has 6 fully saturated rings. The van der Waals surface area contributed by atoms with Gasteiger partial charge in [0.15, 0.2) is 0 Å². The van der Waals surface area contributed by atoms with Crippen LogP contribution in [0.1, 0.15) is 106 Å². The standard InChI is InChI=1S/C34H56N2O7/c1-31(2,3)42-26(38)13-11-23(30(39)43-32(4,5)6)35-22-14-15-34(40-7)25-18-21-10-12-24(37)28-27(21)33(34,29(22)41-28)16-17-36(25)19-20-8-9-20/h20-25,27-29,35,37H,8-19H2,1-7H3/t21?,22?,23-,24?,25?,27?,28?,29-,33-,34+/m0/s1. The van der Waals surface area contributed by atoms with Crippen molar-refractivity contribution in [3.8, 4) is 0 Å². The van der Waals surface area contributed by atoms with E-state index in [1.807, 2.05) is 48.7 Å². The molecule has 6 rings (SSSR count). The van der Waals surface area contributed by atoms with Gasteiger partial charge in [-0.05, 0) is 118 Å². The van der Waals surface area contributed by atoms with Crippen molar-refractivity contribution in [1.29, 1.82) is 0 Å². The fourth-order valence-corrected chi connectivity index (χ4v) is 10.0. The summed E-state index contributed by atoms with van der Waals surface area (Å²) < 4.78 is 25.2. The highest BCUT2D eigenvalue weighted by atomic mass is 16.6. The maximum Gasteiger partial charge on any atom is 0.323 e. The summed E-state index contributed by atoms with van der Waals surface area (Å²) in [6.45, 7) is 13.3. The van der Waals surface area contributed by atoms with E-state index in [4.69, 9.17) is 18.9 Å². The van der Waals surface area contributed by atoms with Crippen LogP contribution in [0.4, 0.5) is 0 Å². The Morgan fingerprint density at radius 1 is 1.02 bits per heavy atom. The Morgan fingerprint density at radius 2 is 1.74 bits per heavy atom. The van der Waals surface area contributed by atoms with Gasteiger partial charge in [-0.2, -0.15) is 0 Å². The fourth-order valence-electron chi connectivity index (χ4n) is 10.0. The normalized spacial score (nSPS) is 41.3. The molecule has 0 radical (unpaired) electrons. The van der Waals surface area contributed by atoms with Gasteiger partial charge in [0.2, 0.25) is 0 Å². The van der Waals surface area contributed by atoms with E-state index in [1.165, 1.54) is 12.8 Å². The monoisotopic (exact) mass is 604 g/mol. The zero-order valence-electron chi connectivity index (χ0n) is 27.5. The number of aliphatic hydroxyl groups is 1. The number of ether oxygens (including phenoxy) is 4. The zero-order chi connectivity index (χ0) is 30.9. The average Bonchev–Trinajstić information content (AvgIpc) is 3.65. The lowest BCUT2D eigenvalue weighted by molar-refractivity contribution is -0.272. The van der Waals surface area contributed by atoms with Gasteiger partial charge < -0.3 is 24.1 Å². The highest BCUT2D eigenvalue weighted by Gasteiger charge is 2.78. The molecule has 2 aliphatic heterocycles. The number of aliphatic hydroxyl groups excluding tert-OH is 1. The third-order valence-electron chi connectivity index (χ3n) is 11.5. The Hall–Kier alpha value is -1.26. The van der Waals surface area contributed by atoms with E-state index in [1.54, 1.807) is 0 Å². The second kappa shape index (κ2) is 11.2. The molecule has 2 bridgehead atoms. The summed E-state index contributed by atoms with van der Waals surface area (Å²) in [5, 5.41) is 15.0. The molecular weight excluding hydrogens is 548 g/mol. The molecule has 2 saturated heterocycles. The lowest BCUT2D eigenvalue weighted by Gasteiger charge is -2.70. The highest BCUT2D eigenvalue weighted by Crippen LogP contribution is 2.70. The number of esters is 2. The van der Waals surface area contributed by atoms with Crippen LogP contribution in [0.5, 0.6) is 0 Å². The van der Waals surface area contributed by atoms with Crippen LogP contribution in [0, 0.1) is 23.2 Å². The molecule has 9 heteroatoms. The van der Waals surface area contributed by atoms with Crippen molar-refractivity contribution in [3.05, 3.63) is 0 Å². The van der Waals surface area contributed by atoms with Gasteiger partial charge in [0.05, 0.1) is 23.9 Å². The number of rotatable bonds is 9. The zero-order valence-corrected chi connectivity index (χ0v) is 27.5. The first-order valence-corrected chi connectivity index (χ1v) is 17.0. The molecule has 0 amide bonds. The van der Waals surface area contributed by atoms with Crippen molar-refractivity contribution >= 4 is 11.9 Å². The molecule has 6 aliphatic rings. The quantitative estimate of drug-likeness (QED) is 0.378. The summed E-state index contributed by atoms with van der Waals surface area (Å²) in [5.74, 6) is 0.880. The summed E-state index contributed by atoms with van der Waals surface area (Å²) in [7, 11) is 1.90. The molecule has 4 aliphatic carbocycles. The number of likely N-dealkylation sites (tertiary alicyclic amines) is 1. The Balaban J connectivity index is 1.30. The molecule has 9 nitrogen and oxygen atoms in total. The summed E-state index contributed by atoms with van der Waals surface area (Å²) in [6, 6.07) is -0.445. The molecule has 0 aromatic heterocycles. The molecule has 2 N–H and O–H groups in total. The lowest BCUT2D eigenvalue weighted by atomic mass is 9.42. The van der Waals surface area contributed by atoms with Gasteiger partial charge in [-0.3, -0.25) is 19.8 Å². The fraction of sp³-hybridized carbons (Fsp3) is 0.941. The maximum atomic E-state index is 13.6. The van der Waals surface area contributed by atoms with Crippen LogP contribution < -0.4 is 5.32 Å². The summed E-state index contributed by atoms with van der Waals surface area (Å²) in [5.41, 5.74) is -1.81. The number of hydrogen-bond donors (Lipinski definition) is 2. The Labute approximate surface area is 258 Å². The van der Waals surface area contributed by atoms with Crippen LogP contribution in [0.3, 0.4) is 0 Å². The van der Waals surface area contributed by atoms with Crippen LogP contribution in [0.25, 0.3) is 0 Å². The minimum absolute atomic E-state index is 0.115. The smallest absolute Gasteiger partial charge is 0.323 e. The number of methoxy groups -OCH3 is 1. The van der Waals surface area contributed by atoms with Gasteiger partial charge in [0.1, 0.15) is 17.2 Å². The van der Waals surface area contributed by atoms with E-state index in [-0.39, 0.29) is 60.0 Å². The summed E-state index contributed by atoms with van der Waals surface area (Å²) >= 11 is 0. The second-order valence-electron chi connectivity index (χ2n) is 16.5. The van der Waals surface area contributed by atoms with Crippen LogP contribution >= 0.6 is 0 Å². The van der Waals surface area contributed by atoms with Gasteiger partial charge in [-0.25, -0.2) is 0 Å². The van der Waals surface area contributed by atoms with Crippen molar-refractivity contribution in [2.75, 3.05) is 20.2 Å². The molecule has 0 aromatic rings. The van der Waals surface area contributed by atoms with E-state index < -0.39 is 23.3 Å². The largest absolute Gasteiger partial charge is 0.460 e. The predicted octanol–water partition coefficient (Wildman–Crippen LogP) is 3.98. The molecule has 10 atom stereocenters. The minimum atomic E-state index is -0.676. The van der Waals surface area contributed by atoms with Crippen molar-refractivity contribution in [2.24, 2.45) is 23.2 Å². The molecule has 4 saturated carbocycles. The second-order valence-corrected chi connectivity index (χ2v) is 16.5. The van der Waals surface area contributed by atoms with Gasteiger partial charge in [-0.1, -0.05) is 0 Å². The Bertz CT molecular complexity index is 1070. The topological polar surface area (TPSA) is 107 Å². The van der Waals surface area contributed by atoms with Crippen LogP contribution in [0.2, 0.25) is 0 Å². The van der Waals surface area contributed by atoms with Gasteiger partial charge >= 0.3 is 11.9 Å². The highest BCUT2D eigenvalue weighted by molar-refractivity contribution is 5.78. The van der Waals surface area contributed by atoms with E-state index in [2.05, 4.69) is 10.2 Å². The van der Waals surface area contributed by atoms with Crippen molar-refractivity contribution in [1.82, 2.24) is 10.2 Å². The van der Waals surface area contributed by atoms with Crippen molar-refractivity contribution in [2.45, 2.75) is 159 Å². The molecule has 2 heterocycles. The first kappa shape index (κ1) is 31.7. The summed E-state index contributed by atoms with van der Waals surface area (Å²) in [4.78, 5) is 29.0. The Kier molecular flexibility index (Phi) is 8.27. The van der Waals surface area contributed by atoms with E-state index in [0.717, 1.165) is 57.5 Å².